The Labute approximate surface area is 133 Å². The molecule has 0 aliphatic rings. The Morgan fingerprint density at radius 1 is 1.27 bits per heavy atom. The highest BCUT2D eigenvalue weighted by molar-refractivity contribution is 6.33. The Balaban J connectivity index is 0.00000116. The molecule has 118 valence electrons. The van der Waals surface area contributed by atoms with Crippen LogP contribution in [-0.2, 0) is 4.74 Å². The van der Waals surface area contributed by atoms with Crippen molar-refractivity contribution in [1.82, 2.24) is 15.2 Å². The third-order valence-electron chi connectivity index (χ3n) is 3.00. The molecule has 0 unspecified atom stereocenters. The number of methoxy groups -OCH3 is 1. The quantitative estimate of drug-likeness (QED) is 0.859. The Hall–Kier alpha value is -2.21. The van der Waals surface area contributed by atoms with E-state index in [0.29, 0.717) is 16.8 Å². The second-order valence-electron chi connectivity index (χ2n) is 4.18. The number of aromatic nitrogens is 3. The summed E-state index contributed by atoms with van der Waals surface area (Å²) in [5.41, 5.74) is 2.20. The number of hydrogen-bond acceptors (Lipinski definition) is 5. The van der Waals surface area contributed by atoms with Crippen LogP contribution in [-0.4, -0.2) is 28.3 Å². The number of carbonyl (C=O) groups excluding carboxylic acids is 1. The predicted octanol–water partition coefficient (Wildman–Crippen LogP) is 2.91. The Kier molecular flexibility index (Phi) is 6.24. The summed E-state index contributed by atoms with van der Waals surface area (Å²) in [7, 11) is 1.28. The van der Waals surface area contributed by atoms with Crippen molar-refractivity contribution in [3.8, 4) is 11.1 Å². The van der Waals surface area contributed by atoms with Gasteiger partial charge in [0.1, 0.15) is 10.7 Å². The van der Waals surface area contributed by atoms with Crippen LogP contribution in [0.5, 0.6) is 0 Å². The molecule has 0 saturated carbocycles. The molecule has 0 saturated heterocycles. The number of pyridine rings is 1. The molecule has 0 aliphatic heterocycles. The Bertz CT molecular complexity index is 741. The molecule has 0 atom stereocenters. The second kappa shape index (κ2) is 7.70. The highest BCUT2D eigenvalue weighted by Gasteiger charge is 2.16. The lowest BCUT2D eigenvalue weighted by Gasteiger charge is -2.11. The first-order valence-electron chi connectivity index (χ1n) is 6.75. The molecule has 0 aliphatic carbocycles. The van der Waals surface area contributed by atoms with Crippen molar-refractivity contribution in [2.24, 2.45) is 0 Å². The van der Waals surface area contributed by atoms with Crippen molar-refractivity contribution in [2.45, 2.75) is 27.7 Å². The molecule has 2 heterocycles. The normalized spacial score (nSPS) is 9.73. The van der Waals surface area contributed by atoms with Crippen LogP contribution in [0, 0.1) is 13.8 Å². The second-order valence-corrected chi connectivity index (χ2v) is 4.56. The predicted molar refractivity (Wildman–Crippen MR) is 85.3 cm³/mol. The Morgan fingerprint density at radius 3 is 2.50 bits per heavy atom. The summed E-state index contributed by atoms with van der Waals surface area (Å²) in [5, 5.41) is 5.99. The zero-order chi connectivity index (χ0) is 16.9. The maximum atomic E-state index is 11.6. The molecule has 0 fully saturated rings. The molecule has 0 spiro atoms. The van der Waals surface area contributed by atoms with Gasteiger partial charge in [-0.2, -0.15) is 5.10 Å². The first kappa shape index (κ1) is 17.8. The monoisotopic (exact) mass is 323 g/mol. The van der Waals surface area contributed by atoms with Crippen LogP contribution < -0.4 is 5.56 Å². The number of esters is 1. The van der Waals surface area contributed by atoms with Crippen LogP contribution in [0.3, 0.4) is 0 Å². The molecule has 0 bridgehead atoms. The number of aryl methyl sites for hydroxylation is 1. The van der Waals surface area contributed by atoms with Crippen molar-refractivity contribution in [3.63, 3.8) is 0 Å². The number of ether oxygens (including phenoxy) is 1. The fourth-order valence-corrected chi connectivity index (χ4v) is 1.99. The van der Waals surface area contributed by atoms with Gasteiger partial charge in [0.15, 0.2) is 0 Å². The lowest BCUT2D eigenvalue weighted by atomic mass is 10.0. The molecule has 2 aromatic heterocycles. The van der Waals surface area contributed by atoms with Gasteiger partial charge in [-0.1, -0.05) is 25.4 Å². The van der Waals surface area contributed by atoms with Gasteiger partial charge in [0.25, 0.3) is 5.56 Å². The van der Waals surface area contributed by atoms with E-state index in [1.165, 1.54) is 19.4 Å². The first-order valence-corrected chi connectivity index (χ1v) is 7.13. The maximum Gasteiger partial charge on any atom is 0.356 e. The SMILES string of the molecule is CC.COC(=O)c1cc(-c2cn[nH]c(=O)c2Cl)c(C)c(C)n1. The molecule has 0 amide bonds. The summed E-state index contributed by atoms with van der Waals surface area (Å²) in [5.74, 6) is -0.553. The highest BCUT2D eigenvalue weighted by atomic mass is 35.5. The fourth-order valence-electron chi connectivity index (χ4n) is 1.80. The third-order valence-corrected chi connectivity index (χ3v) is 3.37. The van der Waals surface area contributed by atoms with E-state index in [1.54, 1.807) is 6.92 Å². The van der Waals surface area contributed by atoms with Crippen molar-refractivity contribution in [3.05, 3.63) is 44.6 Å². The van der Waals surface area contributed by atoms with E-state index in [1.807, 2.05) is 20.8 Å². The largest absolute Gasteiger partial charge is 0.464 e. The van der Waals surface area contributed by atoms with E-state index < -0.39 is 11.5 Å². The summed E-state index contributed by atoms with van der Waals surface area (Å²) in [6.45, 7) is 7.59. The number of rotatable bonds is 2. The molecule has 2 rings (SSSR count). The summed E-state index contributed by atoms with van der Waals surface area (Å²) < 4.78 is 4.66. The van der Waals surface area contributed by atoms with E-state index >= 15 is 0 Å². The van der Waals surface area contributed by atoms with Gasteiger partial charge in [0.05, 0.1) is 13.3 Å². The van der Waals surface area contributed by atoms with Crippen molar-refractivity contribution >= 4 is 17.6 Å². The lowest BCUT2D eigenvalue weighted by Crippen LogP contribution is -2.11. The van der Waals surface area contributed by atoms with Gasteiger partial charge in [-0.3, -0.25) is 4.79 Å². The minimum atomic E-state index is -0.553. The van der Waals surface area contributed by atoms with Crippen LogP contribution in [0.2, 0.25) is 5.02 Å². The summed E-state index contributed by atoms with van der Waals surface area (Å²) in [6, 6.07) is 1.54. The van der Waals surface area contributed by atoms with Crippen LogP contribution in [0.4, 0.5) is 0 Å². The third kappa shape index (κ3) is 3.51. The van der Waals surface area contributed by atoms with E-state index in [4.69, 9.17) is 11.6 Å². The van der Waals surface area contributed by atoms with E-state index in [2.05, 4.69) is 19.9 Å². The molecule has 1 N–H and O–H groups in total. The van der Waals surface area contributed by atoms with Gasteiger partial charge < -0.3 is 4.74 Å². The average Bonchev–Trinajstić information content (AvgIpc) is 2.54. The van der Waals surface area contributed by atoms with Crippen molar-refractivity contribution < 1.29 is 9.53 Å². The van der Waals surface area contributed by atoms with E-state index in [9.17, 15) is 9.59 Å². The minimum Gasteiger partial charge on any atom is -0.464 e. The molecule has 7 heteroatoms. The van der Waals surface area contributed by atoms with Gasteiger partial charge in [0.2, 0.25) is 0 Å². The van der Waals surface area contributed by atoms with Crippen molar-refractivity contribution in [2.75, 3.05) is 7.11 Å². The summed E-state index contributed by atoms with van der Waals surface area (Å²) in [4.78, 5) is 27.3. The number of nitrogens with zero attached hydrogens (tertiary/aromatic N) is 2. The molecular weight excluding hydrogens is 306 g/mol. The first-order chi connectivity index (χ1) is 10.5. The lowest BCUT2D eigenvalue weighted by molar-refractivity contribution is 0.0594. The molecule has 0 aromatic carbocycles. The van der Waals surface area contributed by atoms with Crippen molar-refractivity contribution in [1.29, 1.82) is 0 Å². The van der Waals surface area contributed by atoms with Gasteiger partial charge in [-0.05, 0) is 31.0 Å². The van der Waals surface area contributed by atoms with Crippen LogP contribution >= 0.6 is 11.6 Å². The zero-order valence-corrected chi connectivity index (χ0v) is 13.9. The fraction of sp³-hybridized carbons (Fsp3) is 0.333. The number of halogens is 1. The summed E-state index contributed by atoms with van der Waals surface area (Å²) >= 11 is 6.00. The van der Waals surface area contributed by atoms with Gasteiger partial charge >= 0.3 is 5.97 Å². The van der Waals surface area contributed by atoms with Crippen LogP contribution in [0.25, 0.3) is 11.1 Å². The van der Waals surface area contributed by atoms with Crippen LogP contribution in [0.1, 0.15) is 35.6 Å². The van der Waals surface area contributed by atoms with Gasteiger partial charge in [0, 0.05) is 11.3 Å². The molecule has 2 aromatic rings. The van der Waals surface area contributed by atoms with E-state index in [0.717, 1.165) is 5.56 Å². The van der Waals surface area contributed by atoms with Gasteiger partial charge in [-0.25, -0.2) is 14.9 Å². The minimum absolute atomic E-state index is 0.0181. The summed E-state index contributed by atoms with van der Waals surface area (Å²) in [6.07, 6.45) is 1.44. The molecular formula is C15H18ClN3O3. The zero-order valence-electron chi connectivity index (χ0n) is 13.2. The number of nitrogens with one attached hydrogen (secondary N) is 1. The van der Waals surface area contributed by atoms with E-state index in [-0.39, 0.29) is 10.7 Å². The molecule has 0 radical (unpaired) electrons. The average molecular weight is 324 g/mol. The van der Waals surface area contributed by atoms with Crippen LogP contribution in [0.15, 0.2) is 17.1 Å². The van der Waals surface area contributed by atoms with Gasteiger partial charge in [-0.15, -0.1) is 0 Å². The number of carbonyl (C=O) groups is 1. The number of H-pyrrole nitrogens is 1. The smallest absolute Gasteiger partial charge is 0.356 e. The number of hydrogen-bond donors (Lipinski definition) is 1. The standard InChI is InChI=1S/C13H12ClN3O3.C2H6/c1-6-7(2)16-10(13(19)20-3)4-8(6)9-5-15-17-12(18)11(9)14;1-2/h4-5H,1-3H3,(H,17,18);1-2H3. The maximum absolute atomic E-state index is 11.6. The highest BCUT2D eigenvalue weighted by Crippen LogP contribution is 2.29. The topological polar surface area (TPSA) is 84.9 Å². The molecule has 6 nitrogen and oxygen atoms in total. The Morgan fingerprint density at radius 2 is 1.91 bits per heavy atom. The number of aromatic amines is 1. The molecule has 22 heavy (non-hydrogen) atoms.